The highest BCUT2D eigenvalue weighted by molar-refractivity contribution is 5.94. The summed E-state index contributed by atoms with van der Waals surface area (Å²) in [7, 11) is 0. The molecule has 1 aromatic heterocycles. The zero-order chi connectivity index (χ0) is 19.8. The molecular formula is C21H26N2O5. The highest BCUT2D eigenvalue weighted by Crippen LogP contribution is 2.32. The number of furan rings is 1. The molecule has 3 rings (SSSR count). The number of fused-ring (bicyclic) bond motifs is 1. The van der Waals surface area contributed by atoms with E-state index in [4.69, 9.17) is 13.9 Å². The van der Waals surface area contributed by atoms with Crippen molar-refractivity contribution in [3.8, 4) is 11.5 Å². The molecule has 7 heteroatoms. The fourth-order valence-electron chi connectivity index (χ4n) is 3.01. The first-order chi connectivity index (χ1) is 13.7. The molecule has 0 aliphatic carbocycles. The predicted molar refractivity (Wildman–Crippen MR) is 103 cm³/mol. The molecular weight excluding hydrogens is 360 g/mol. The molecule has 0 spiro atoms. The van der Waals surface area contributed by atoms with Crippen LogP contribution in [0.2, 0.25) is 0 Å². The summed E-state index contributed by atoms with van der Waals surface area (Å²) in [5, 5.41) is 2.89. The van der Waals surface area contributed by atoms with Crippen molar-refractivity contribution >= 4 is 11.8 Å². The van der Waals surface area contributed by atoms with Crippen LogP contribution >= 0.6 is 0 Å². The first kappa shape index (κ1) is 19.8. The third-order valence-electron chi connectivity index (χ3n) is 4.62. The molecule has 1 aliphatic heterocycles. The Morgan fingerprint density at radius 3 is 2.75 bits per heavy atom. The maximum Gasteiger partial charge on any atom is 0.257 e. The molecule has 2 aromatic rings. The Kier molecular flexibility index (Phi) is 6.94. The largest absolute Gasteiger partial charge is 0.472 e. The average Bonchev–Trinajstić information content (AvgIpc) is 3.40. The third kappa shape index (κ3) is 5.28. The van der Waals surface area contributed by atoms with E-state index in [2.05, 4.69) is 12.2 Å². The molecule has 0 radical (unpaired) electrons. The molecule has 1 aromatic carbocycles. The summed E-state index contributed by atoms with van der Waals surface area (Å²) in [6.07, 6.45) is 6.21. The summed E-state index contributed by atoms with van der Waals surface area (Å²) in [4.78, 5) is 26.6. The van der Waals surface area contributed by atoms with Gasteiger partial charge in [0.1, 0.15) is 6.26 Å². The van der Waals surface area contributed by atoms with E-state index in [0.29, 0.717) is 30.9 Å². The van der Waals surface area contributed by atoms with Crippen molar-refractivity contribution in [1.29, 1.82) is 0 Å². The first-order valence-electron chi connectivity index (χ1n) is 9.64. The van der Waals surface area contributed by atoms with E-state index >= 15 is 0 Å². The van der Waals surface area contributed by atoms with Crippen molar-refractivity contribution < 1.29 is 23.5 Å². The van der Waals surface area contributed by atoms with Crippen LogP contribution < -0.4 is 14.8 Å². The zero-order valence-electron chi connectivity index (χ0n) is 16.1. The van der Waals surface area contributed by atoms with Crippen LogP contribution in [0.15, 0.2) is 41.2 Å². The van der Waals surface area contributed by atoms with Crippen molar-refractivity contribution in [1.82, 2.24) is 10.2 Å². The predicted octanol–water partition coefficient (Wildman–Crippen LogP) is 3.35. The van der Waals surface area contributed by atoms with Gasteiger partial charge in [-0.3, -0.25) is 9.59 Å². The number of hydrogen-bond donors (Lipinski definition) is 1. The van der Waals surface area contributed by atoms with Crippen molar-refractivity contribution in [3.05, 3.63) is 47.9 Å². The van der Waals surface area contributed by atoms with Gasteiger partial charge in [-0.2, -0.15) is 0 Å². The lowest BCUT2D eigenvalue weighted by Gasteiger charge is -2.22. The number of benzene rings is 1. The molecule has 150 valence electrons. The topological polar surface area (TPSA) is 81.0 Å². The van der Waals surface area contributed by atoms with Gasteiger partial charge in [0.05, 0.1) is 11.8 Å². The van der Waals surface area contributed by atoms with Gasteiger partial charge in [0.15, 0.2) is 11.5 Å². The Hall–Kier alpha value is -2.96. The first-order valence-corrected chi connectivity index (χ1v) is 9.64. The molecule has 2 heterocycles. The molecule has 0 saturated carbocycles. The SMILES string of the molecule is CCCCCN(CCC(=O)NCc1ccc2c(c1)OCO2)C(=O)c1ccoc1. The van der Waals surface area contributed by atoms with Gasteiger partial charge < -0.3 is 24.1 Å². The summed E-state index contributed by atoms with van der Waals surface area (Å²) < 4.78 is 15.6. The van der Waals surface area contributed by atoms with Crippen LogP contribution in [0.3, 0.4) is 0 Å². The van der Waals surface area contributed by atoms with Crippen molar-refractivity contribution in [2.24, 2.45) is 0 Å². The smallest absolute Gasteiger partial charge is 0.257 e. The highest BCUT2D eigenvalue weighted by Gasteiger charge is 2.18. The van der Waals surface area contributed by atoms with Gasteiger partial charge in [-0.05, 0) is 30.2 Å². The van der Waals surface area contributed by atoms with Crippen molar-refractivity contribution in [2.75, 3.05) is 19.9 Å². The van der Waals surface area contributed by atoms with Crippen LogP contribution in [0.5, 0.6) is 11.5 Å². The number of carbonyl (C=O) groups excluding carboxylic acids is 2. The number of unbranched alkanes of at least 4 members (excludes halogenated alkanes) is 2. The number of ether oxygens (including phenoxy) is 2. The molecule has 0 fully saturated rings. The minimum Gasteiger partial charge on any atom is -0.472 e. The number of hydrogen-bond acceptors (Lipinski definition) is 5. The van der Waals surface area contributed by atoms with Gasteiger partial charge in [0.25, 0.3) is 5.91 Å². The highest BCUT2D eigenvalue weighted by atomic mass is 16.7. The van der Waals surface area contributed by atoms with Gasteiger partial charge >= 0.3 is 0 Å². The summed E-state index contributed by atoms with van der Waals surface area (Å²) in [6.45, 7) is 3.75. The fraction of sp³-hybridized carbons (Fsp3) is 0.429. The van der Waals surface area contributed by atoms with Crippen LogP contribution in [0.4, 0.5) is 0 Å². The molecule has 7 nitrogen and oxygen atoms in total. The van der Waals surface area contributed by atoms with Gasteiger partial charge in [0, 0.05) is 26.1 Å². The van der Waals surface area contributed by atoms with Crippen molar-refractivity contribution in [3.63, 3.8) is 0 Å². The van der Waals surface area contributed by atoms with E-state index in [-0.39, 0.29) is 25.0 Å². The lowest BCUT2D eigenvalue weighted by molar-refractivity contribution is -0.121. The van der Waals surface area contributed by atoms with E-state index in [9.17, 15) is 9.59 Å². The maximum absolute atomic E-state index is 12.6. The Labute approximate surface area is 164 Å². The molecule has 2 amide bonds. The second-order valence-corrected chi connectivity index (χ2v) is 6.73. The maximum atomic E-state index is 12.6. The minimum absolute atomic E-state index is 0.0989. The van der Waals surface area contributed by atoms with Crippen molar-refractivity contribution in [2.45, 2.75) is 39.2 Å². The van der Waals surface area contributed by atoms with Crippen LogP contribution in [0, 0.1) is 0 Å². The molecule has 0 saturated heterocycles. The normalized spacial score (nSPS) is 12.0. The lowest BCUT2D eigenvalue weighted by atomic mass is 10.2. The second kappa shape index (κ2) is 9.82. The zero-order valence-corrected chi connectivity index (χ0v) is 16.1. The van der Waals surface area contributed by atoms with Gasteiger partial charge in [-0.25, -0.2) is 0 Å². The van der Waals surface area contributed by atoms with E-state index in [0.717, 1.165) is 30.6 Å². The molecule has 0 unspecified atom stereocenters. The summed E-state index contributed by atoms with van der Waals surface area (Å²) in [5.74, 6) is 1.21. The number of nitrogens with one attached hydrogen (secondary N) is 1. The third-order valence-corrected chi connectivity index (χ3v) is 4.62. The van der Waals surface area contributed by atoms with E-state index in [1.807, 2.05) is 18.2 Å². The molecule has 1 N–H and O–H groups in total. The van der Waals surface area contributed by atoms with Crippen LogP contribution in [-0.4, -0.2) is 36.6 Å². The summed E-state index contributed by atoms with van der Waals surface area (Å²) in [6, 6.07) is 7.24. The Balaban J connectivity index is 1.49. The Bertz CT molecular complexity index is 788. The van der Waals surface area contributed by atoms with E-state index in [1.165, 1.54) is 12.5 Å². The monoisotopic (exact) mass is 386 g/mol. The van der Waals surface area contributed by atoms with Gasteiger partial charge in [-0.1, -0.05) is 25.8 Å². The standard InChI is InChI=1S/C21H26N2O5/c1-2-3-4-9-23(21(25)17-8-11-26-14-17)10-7-20(24)22-13-16-5-6-18-19(12-16)28-15-27-18/h5-6,8,11-12,14H,2-4,7,9-10,13,15H2,1H3,(H,22,24). The molecule has 0 atom stereocenters. The van der Waals surface area contributed by atoms with Gasteiger partial charge in [0.2, 0.25) is 12.7 Å². The van der Waals surface area contributed by atoms with Crippen LogP contribution in [0.1, 0.15) is 48.5 Å². The molecule has 28 heavy (non-hydrogen) atoms. The van der Waals surface area contributed by atoms with E-state index < -0.39 is 0 Å². The van der Waals surface area contributed by atoms with Gasteiger partial charge in [-0.15, -0.1) is 0 Å². The lowest BCUT2D eigenvalue weighted by Crippen LogP contribution is -2.35. The summed E-state index contributed by atoms with van der Waals surface area (Å²) >= 11 is 0. The van der Waals surface area contributed by atoms with Crippen LogP contribution in [-0.2, 0) is 11.3 Å². The summed E-state index contributed by atoms with van der Waals surface area (Å²) in [5.41, 5.74) is 1.45. The number of amides is 2. The van der Waals surface area contributed by atoms with Crippen LogP contribution in [0.25, 0.3) is 0 Å². The fourth-order valence-corrected chi connectivity index (χ4v) is 3.01. The number of nitrogens with zero attached hydrogens (tertiary/aromatic N) is 1. The molecule has 1 aliphatic rings. The van der Waals surface area contributed by atoms with E-state index in [1.54, 1.807) is 11.0 Å². The molecule has 0 bridgehead atoms. The average molecular weight is 386 g/mol. The quantitative estimate of drug-likeness (QED) is 0.634. The Morgan fingerprint density at radius 1 is 1.11 bits per heavy atom. The number of rotatable bonds is 10. The Morgan fingerprint density at radius 2 is 1.96 bits per heavy atom. The number of carbonyl (C=O) groups is 2. The second-order valence-electron chi connectivity index (χ2n) is 6.73. The minimum atomic E-state index is -0.103.